The van der Waals surface area contributed by atoms with E-state index in [4.69, 9.17) is 0 Å². The van der Waals surface area contributed by atoms with Crippen molar-refractivity contribution in [2.45, 2.75) is 25.4 Å². The molecule has 0 spiro atoms. The minimum Gasteiger partial charge on any atom is -0.380 e. The smallest absolute Gasteiger partial charge is 0.283 e. The number of rotatable bonds is 4. The molecule has 0 unspecified atom stereocenters. The first-order chi connectivity index (χ1) is 8.72. The van der Waals surface area contributed by atoms with Crippen molar-refractivity contribution in [1.82, 2.24) is 9.78 Å². The first-order valence-corrected chi connectivity index (χ1v) is 7.88. The molecule has 2 rings (SSSR count). The number of aromatic nitrogens is 2. The molecular formula is C12H16BrN3OS. The van der Waals surface area contributed by atoms with Crippen LogP contribution in [-0.2, 0) is 6.54 Å². The molecule has 0 aromatic carbocycles. The Hall–Kier alpha value is -0.750. The van der Waals surface area contributed by atoms with Crippen molar-refractivity contribution >= 4 is 33.4 Å². The summed E-state index contributed by atoms with van der Waals surface area (Å²) in [5, 5.41) is 7.53. The largest absolute Gasteiger partial charge is 0.380 e. The van der Waals surface area contributed by atoms with E-state index in [2.05, 4.69) is 32.9 Å². The first kappa shape index (κ1) is 13.7. The Balaban J connectivity index is 2.15. The zero-order valence-electron chi connectivity index (χ0n) is 10.1. The summed E-state index contributed by atoms with van der Waals surface area (Å²) in [6.45, 7) is 4.04. The number of nitrogens with one attached hydrogen (secondary N) is 1. The van der Waals surface area contributed by atoms with Crippen molar-refractivity contribution in [1.29, 1.82) is 0 Å². The van der Waals surface area contributed by atoms with Crippen molar-refractivity contribution in [2.75, 3.05) is 16.8 Å². The van der Waals surface area contributed by atoms with Gasteiger partial charge in [-0.1, -0.05) is 6.08 Å². The summed E-state index contributed by atoms with van der Waals surface area (Å²) in [5.74, 6) is 2.35. The molecule has 1 aromatic rings. The van der Waals surface area contributed by atoms with Gasteiger partial charge in [0.2, 0.25) is 0 Å². The Bertz CT molecular complexity index is 483. The first-order valence-electron chi connectivity index (χ1n) is 5.93. The molecule has 0 radical (unpaired) electrons. The highest BCUT2D eigenvalue weighted by molar-refractivity contribution is 9.10. The summed E-state index contributed by atoms with van der Waals surface area (Å²) in [5.41, 5.74) is 0.669. The Morgan fingerprint density at radius 3 is 3.00 bits per heavy atom. The minimum absolute atomic E-state index is 0.120. The molecular weight excluding hydrogens is 314 g/mol. The summed E-state index contributed by atoms with van der Waals surface area (Å²) in [7, 11) is 0. The second-order valence-electron chi connectivity index (χ2n) is 4.18. The molecule has 0 amide bonds. The normalized spacial score (nSPS) is 16.5. The highest BCUT2D eigenvalue weighted by Gasteiger charge is 2.16. The quantitative estimate of drug-likeness (QED) is 0.862. The lowest BCUT2D eigenvalue weighted by Crippen LogP contribution is -2.28. The van der Waals surface area contributed by atoms with Gasteiger partial charge < -0.3 is 5.32 Å². The minimum atomic E-state index is -0.120. The zero-order valence-corrected chi connectivity index (χ0v) is 12.5. The van der Waals surface area contributed by atoms with Crippen molar-refractivity contribution in [3.8, 4) is 0 Å². The number of anilines is 1. The number of thioether (sulfide) groups is 1. The van der Waals surface area contributed by atoms with Crippen molar-refractivity contribution < 1.29 is 0 Å². The lowest BCUT2D eigenvalue weighted by Gasteiger charge is -2.23. The number of halogens is 1. The monoisotopic (exact) mass is 329 g/mol. The van der Waals surface area contributed by atoms with Crippen LogP contribution in [0.5, 0.6) is 0 Å². The Morgan fingerprint density at radius 1 is 1.61 bits per heavy atom. The maximum absolute atomic E-state index is 12.0. The average molecular weight is 330 g/mol. The number of allylic oxidation sites excluding steroid dienone is 1. The van der Waals surface area contributed by atoms with Gasteiger partial charge in [0.15, 0.2) is 0 Å². The molecule has 1 saturated heterocycles. The molecule has 1 fully saturated rings. The van der Waals surface area contributed by atoms with E-state index in [9.17, 15) is 4.79 Å². The fourth-order valence-corrected chi connectivity index (χ4v) is 3.41. The van der Waals surface area contributed by atoms with Crippen LogP contribution in [0.15, 0.2) is 28.1 Å². The summed E-state index contributed by atoms with van der Waals surface area (Å²) < 4.78 is 1.94. The molecule has 1 aliphatic heterocycles. The molecule has 0 aliphatic carbocycles. The van der Waals surface area contributed by atoms with Gasteiger partial charge in [0, 0.05) is 6.04 Å². The molecule has 0 bridgehead atoms. The maximum atomic E-state index is 12.0. The van der Waals surface area contributed by atoms with E-state index < -0.39 is 0 Å². The van der Waals surface area contributed by atoms with E-state index >= 15 is 0 Å². The van der Waals surface area contributed by atoms with Gasteiger partial charge in [-0.05, 0) is 40.3 Å². The van der Waals surface area contributed by atoms with Gasteiger partial charge in [0.1, 0.15) is 4.47 Å². The van der Waals surface area contributed by atoms with Gasteiger partial charge in [-0.25, -0.2) is 4.68 Å². The number of hydrogen-bond acceptors (Lipinski definition) is 4. The molecule has 0 atom stereocenters. The molecule has 4 nitrogen and oxygen atoms in total. The van der Waals surface area contributed by atoms with Gasteiger partial charge in [-0.3, -0.25) is 4.79 Å². The molecule has 18 heavy (non-hydrogen) atoms. The van der Waals surface area contributed by atoms with E-state index in [0.717, 1.165) is 18.5 Å². The van der Waals surface area contributed by atoms with E-state index in [-0.39, 0.29) is 5.56 Å². The predicted molar refractivity (Wildman–Crippen MR) is 80.4 cm³/mol. The summed E-state index contributed by atoms with van der Waals surface area (Å²) in [6, 6.07) is 0.444. The second kappa shape index (κ2) is 6.43. The number of hydrogen-bond donors (Lipinski definition) is 1. The number of nitrogens with zero attached hydrogens (tertiary/aromatic N) is 2. The lowest BCUT2D eigenvalue weighted by molar-refractivity contribution is 0.638. The third-order valence-corrected chi connectivity index (χ3v) is 4.68. The topological polar surface area (TPSA) is 46.9 Å². The second-order valence-corrected chi connectivity index (χ2v) is 6.20. The van der Waals surface area contributed by atoms with Crippen LogP contribution in [0.1, 0.15) is 12.8 Å². The van der Waals surface area contributed by atoms with Crippen LogP contribution in [0.4, 0.5) is 5.69 Å². The molecule has 98 valence electrons. The lowest BCUT2D eigenvalue weighted by atomic mass is 10.1. The molecule has 2 heterocycles. The summed E-state index contributed by atoms with van der Waals surface area (Å²) in [4.78, 5) is 12.0. The molecule has 1 aromatic heterocycles. The van der Waals surface area contributed by atoms with Crippen molar-refractivity contribution in [3.63, 3.8) is 0 Å². The standard InChI is InChI=1S/C12H16BrN3OS/c1-2-5-16-12(17)11(13)10(8-14-16)15-9-3-6-18-7-4-9/h2,8-9,15H,1,3-7H2. The molecule has 1 N–H and O–H groups in total. The Morgan fingerprint density at radius 2 is 2.33 bits per heavy atom. The van der Waals surface area contributed by atoms with Crippen LogP contribution in [0.3, 0.4) is 0 Å². The van der Waals surface area contributed by atoms with E-state index in [1.54, 1.807) is 12.3 Å². The molecule has 0 saturated carbocycles. The van der Waals surface area contributed by atoms with Crippen LogP contribution in [0.25, 0.3) is 0 Å². The molecule has 1 aliphatic rings. The Kier molecular flexibility index (Phi) is 4.88. The fraction of sp³-hybridized carbons (Fsp3) is 0.500. The van der Waals surface area contributed by atoms with Crippen LogP contribution in [0, 0.1) is 0 Å². The van der Waals surface area contributed by atoms with E-state index in [0.29, 0.717) is 17.1 Å². The molecule has 6 heteroatoms. The fourth-order valence-electron chi connectivity index (χ4n) is 1.88. The predicted octanol–water partition coefficient (Wildman–Crippen LogP) is 2.50. The summed E-state index contributed by atoms with van der Waals surface area (Å²) >= 11 is 5.33. The van der Waals surface area contributed by atoms with Gasteiger partial charge in [0.25, 0.3) is 5.56 Å². The maximum Gasteiger partial charge on any atom is 0.283 e. The van der Waals surface area contributed by atoms with Crippen molar-refractivity contribution in [3.05, 3.63) is 33.7 Å². The van der Waals surface area contributed by atoms with Crippen LogP contribution >= 0.6 is 27.7 Å². The van der Waals surface area contributed by atoms with E-state index in [1.807, 2.05) is 11.8 Å². The van der Waals surface area contributed by atoms with Crippen LogP contribution in [-0.4, -0.2) is 27.3 Å². The van der Waals surface area contributed by atoms with Gasteiger partial charge in [-0.2, -0.15) is 16.9 Å². The van der Waals surface area contributed by atoms with Crippen LogP contribution in [0.2, 0.25) is 0 Å². The van der Waals surface area contributed by atoms with Gasteiger partial charge in [0.05, 0.1) is 18.4 Å². The highest BCUT2D eigenvalue weighted by Crippen LogP contribution is 2.23. The average Bonchev–Trinajstić information content (AvgIpc) is 2.40. The zero-order chi connectivity index (χ0) is 13.0. The highest BCUT2D eigenvalue weighted by atomic mass is 79.9. The summed E-state index contributed by atoms with van der Waals surface area (Å²) in [6.07, 6.45) is 5.63. The van der Waals surface area contributed by atoms with Gasteiger partial charge >= 0.3 is 0 Å². The Labute approximate surface area is 119 Å². The van der Waals surface area contributed by atoms with E-state index in [1.165, 1.54) is 16.2 Å². The third-order valence-electron chi connectivity index (χ3n) is 2.87. The van der Waals surface area contributed by atoms with Gasteiger partial charge in [-0.15, -0.1) is 6.58 Å². The third kappa shape index (κ3) is 3.17. The van der Waals surface area contributed by atoms with Crippen LogP contribution < -0.4 is 10.9 Å². The van der Waals surface area contributed by atoms with Crippen molar-refractivity contribution in [2.24, 2.45) is 0 Å². The SMILES string of the molecule is C=CCn1ncc(NC2CCSCC2)c(Br)c1=O.